The summed E-state index contributed by atoms with van der Waals surface area (Å²) < 4.78 is 1.91. The topological polar surface area (TPSA) is 68.6 Å². The lowest BCUT2D eigenvalue weighted by molar-refractivity contribution is 0.643. The van der Waals surface area contributed by atoms with Crippen LogP contribution in [-0.4, -0.2) is 21.1 Å². The lowest BCUT2D eigenvalue weighted by Crippen LogP contribution is -2.26. The summed E-state index contributed by atoms with van der Waals surface area (Å²) in [7, 11) is 0. The number of hydrogen-bond donors (Lipinski definition) is 1. The molecule has 124 valence electrons. The number of nitrogens with zero attached hydrogens (tertiary/aromatic N) is 4. The summed E-state index contributed by atoms with van der Waals surface area (Å²) >= 11 is 6.23. The SMILES string of the molecule is Cc1nccn1C1N=C(c2ccccc2)c2cc(Cl)ccc2N=C1N. The predicted octanol–water partition coefficient (Wildman–Crippen LogP) is 3.88. The molecule has 2 N–H and O–H groups in total. The summed E-state index contributed by atoms with van der Waals surface area (Å²) in [5.74, 6) is 1.24. The normalized spacial score (nSPS) is 16.6. The monoisotopic (exact) mass is 349 g/mol. The number of halogens is 1. The van der Waals surface area contributed by atoms with E-state index in [1.807, 2.05) is 66.2 Å². The molecule has 2 aromatic carbocycles. The van der Waals surface area contributed by atoms with Crippen LogP contribution in [0.2, 0.25) is 5.02 Å². The molecule has 1 aromatic heterocycles. The molecule has 0 saturated heterocycles. The molecular formula is C19H16ClN5. The van der Waals surface area contributed by atoms with Gasteiger partial charge in [0.05, 0.1) is 11.4 Å². The summed E-state index contributed by atoms with van der Waals surface area (Å²) in [5, 5.41) is 0.633. The Hall–Kier alpha value is -2.92. The third kappa shape index (κ3) is 2.83. The molecule has 25 heavy (non-hydrogen) atoms. The highest BCUT2D eigenvalue weighted by Gasteiger charge is 2.24. The minimum Gasteiger partial charge on any atom is -0.384 e. The molecule has 0 bridgehead atoms. The van der Waals surface area contributed by atoms with Crippen LogP contribution in [0.15, 0.2) is 70.9 Å². The zero-order valence-corrected chi connectivity index (χ0v) is 14.4. The Bertz CT molecular complexity index is 988. The maximum atomic E-state index is 6.29. The molecule has 1 aliphatic heterocycles. The lowest BCUT2D eigenvalue weighted by Gasteiger charge is -2.15. The first kappa shape index (κ1) is 15.6. The van der Waals surface area contributed by atoms with Crippen molar-refractivity contribution in [3.8, 4) is 0 Å². The van der Waals surface area contributed by atoms with Gasteiger partial charge in [-0.3, -0.25) is 4.99 Å². The van der Waals surface area contributed by atoms with Gasteiger partial charge in [-0.1, -0.05) is 41.9 Å². The van der Waals surface area contributed by atoms with Gasteiger partial charge in [0.2, 0.25) is 0 Å². The van der Waals surface area contributed by atoms with Crippen LogP contribution >= 0.6 is 11.6 Å². The molecule has 0 radical (unpaired) electrons. The van der Waals surface area contributed by atoms with Gasteiger partial charge < -0.3 is 10.3 Å². The average molecular weight is 350 g/mol. The van der Waals surface area contributed by atoms with Crippen molar-refractivity contribution in [2.75, 3.05) is 0 Å². The van der Waals surface area contributed by atoms with E-state index in [1.165, 1.54) is 0 Å². The van der Waals surface area contributed by atoms with Gasteiger partial charge in [-0.05, 0) is 25.1 Å². The molecule has 0 fully saturated rings. The minimum absolute atomic E-state index is 0.413. The molecule has 1 unspecified atom stereocenters. The van der Waals surface area contributed by atoms with E-state index in [0.29, 0.717) is 10.9 Å². The van der Waals surface area contributed by atoms with E-state index < -0.39 is 6.17 Å². The second-order valence-electron chi connectivity index (χ2n) is 5.80. The van der Waals surface area contributed by atoms with Crippen LogP contribution < -0.4 is 5.73 Å². The molecule has 1 atom stereocenters. The van der Waals surface area contributed by atoms with Crippen LogP contribution in [0, 0.1) is 6.92 Å². The van der Waals surface area contributed by atoms with Gasteiger partial charge >= 0.3 is 0 Å². The highest BCUT2D eigenvalue weighted by Crippen LogP contribution is 2.31. The van der Waals surface area contributed by atoms with E-state index in [2.05, 4.69) is 9.98 Å². The van der Waals surface area contributed by atoms with Crippen molar-refractivity contribution in [3.63, 3.8) is 0 Å². The van der Waals surface area contributed by atoms with Gasteiger partial charge in [-0.2, -0.15) is 0 Å². The van der Waals surface area contributed by atoms with Crippen molar-refractivity contribution < 1.29 is 0 Å². The Balaban J connectivity index is 1.98. The minimum atomic E-state index is -0.455. The molecule has 2 heterocycles. The first-order chi connectivity index (χ1) is 12.1. The van der Waals surface area contributed by atoms with Crippen molar-refractivity contribution in [3.05, 3.63) is 82.9 Å². The maximum Gasteiger partial charge on any atom is 0.184 e. The van der Waals surface area contributed by atoms with Crippen LogP contribution in [-0.2, 0) is 0 Å². The van der Waals surface area contributed by atoms with Crippen molar-refractivity contribution in [1.82, 2.24) is 9.55 Å². The zero-order valence-electron chi connectivity index (χ0n) is 13.6. The number of benzene rings is 2. The Labute approximate surface area is 150 Å². The third-order valence-corrected chi connectivity index (χ3v) is 4.39. The molecule has 0 aliphatic carbocycles. The molecule has 1 aliphatic rings. The first-order valence-electron chi connectivity index (χ1n) is 7.90. The van der Waals surface area contributed by atoms with Crippen molar-refractivity contribution >= 4 is 28.8 Å². The Morgan fingerprint density at radius 3 is 2.64 bits per heavy atom. The third-order valence-electron chi connectivity index (χ3n) is 4.15. The molecular weight excluding hydrogens is 334 g/mol. The van der Waals surface area contributed by atoms with Crippen molar-refractivity contribution in [2.45, 2.75) is 13.1 Å². The molecule has 4 rings (SSSR count). The van der Waals surface area contributed by atoms with Crippen LogP contribution in [0.4, 0.5) is 5.69 Å². The fourth-order valence-electron chi connectivity index (χ4n) is 2.93. The van der Waals surface area contributed by atoms with Crippen LogP contribution in [0.1, 0.15) is 23.1 Å². The first-order valence-corrected chi connectivity index (χ1v) is 8.28. The summed E-state index contributed by atoms with van der Waals surface area (Å²) in [6.07, 6.45) is 3.14. The maximum absolute atomic E-state index is 6.29. The van der Waals surface area contributed by atoms with Crippen molar-refractivity contribution in [1.29, 1.82) is 0 Å². The fraction of sp³-hybridized carbons (Fsp3) is 0.105. The van der Waals surface area contributed by atoms with E-state index in [1.54, 1.807) is 6.20 Å². The fourth-order valence-corrected chi connectivity index (χ4v) is 3.10. The number of rotatable bonds is 2. The van der Waals surface area contributed by atoms with E-state index in [0.717, 1.165) is 28.4 Å². The highest BCUT2D eigenvalue weighted by atomic mass is 35.5. The van der Waals surface area contributed by atoms with Gasteiger partial charge in [0, 0.05) is 28.5 Å². The van der Waals surface area contributed by atoms with E-state index in [9.17, 15) is 0 Å². The number of fused-ring (bicyclic) bond motifs is 1. The molecule has 5 nitrogen and oxygen atoms in total. The number of aliphatic imine (C=N–C) groups is 2. The average Bonchev–Trinajstić information content (AvgIpc) is 2.98. The van der Waals surface area contributed by atoms with E-state index in [-0.39, 0.29) is 0 Å². The molecule has 0 saturated carbocycles. The standard InChI is InChI=1S/C19H16ClN5/c1-12-22-9-10-25(12)19-18(21)23-16-8-7-14(20)11-15(16)17(24-19)13-5-3-2-4-6-13/h2-11,19H,1H3,(H2,21,23). The smallest absolute Gasteiger partial charge is 0.184 e. The summed E-state index contributed by atoms with van der Waals surface area (Å²) in [6.45, 7) is 1.92. The number of amidine groups is 1. The number of aromatic nitrogens is 2. The number of nitrogens with two attached hydrogens (primary N) is 1. The summed E-state index contributed by atoms with van der Waals surface area (Å²) in [6, 6.07) is 15.5. The van der Waals surface area contributed by atoms with E-state index >= 15 is 0 Å². The zero-order chi connectivity index (χ0) is 17.4. The van der Waals surface area contributed by atoms with Gasteiger partial charge in [-0.25, -0.2) is 9.98 Å². The van der Waals surface area contributed by atoms with Crippen molar-refractivity contribution in [2.24, 2.45) is 15.7 Å². The molecule has 3 aromatic rings. The Morgan fingerprint density at radius 2 is 1.92 bits per heavy atom. The van der Waals surface area contributed by atoms with Gasteiger partial charge in [0.15, 0.2) is 6.17 Å². The van der Waals surface area contributed by atoms with Crippen LogP contribution in [0.3, 0.4) is 0 Å². The van der Waals surface area contributed by atoms with Crippen LogP contribution in [0.5, 0.6) is 0 Å². The molecule has 0 spiro atoms. The Morgan fingerprint density at radius 1 is 1.12 bits per heavy atom. The second-order valence-corrected chi connectivity index (χ2v) is 6.23. The Kier molecular flexibility index (Phi) is 3.86. The number of aryl methyl sites for hydroxylation is 1. The summed E-state index contributed by atoms with van der Waals surface area (Å²) in [4.78, 5) is 13.8. The van der Waals surface area contributed by atoms with Crippen LogP contribution in [0.25, 0.3) is 0 Å². The summed E-state index contributed by atoms with van der Waals surface area (Å²) in [5.41, 5.74) is 9.70. The largest absolute Gasteiger partial charge is 0.384 e. The lowest BCUT2D eigenvalue weighted by atomic mass is 10.0. The quantitative estimate of drug-likeness (QED) is 0.762. The predicted molar refractivity (Wildman–Crippen MR) is 101 cm³/mol. The molecule has 6 heteroatoms. The second kappa shape index (κ2) is 6.18. The van der Waals surface area contributed by atoms with Gasteiger partial charge in [0.1, 0.15) is 11.7 Å². The van der Waals surface area contributed by atoms with E-state index in [4.69, 9.17) is 22.3 Å². The van der Waals surface area contributed by atoms with Gasteiger partial charge in [-0.15, -0.1) is 0 Å². The molecule has 0 amide bonds. The number of hydrogen-bond acceptors (Lipinski definition) is 4. The highest BCUT2D eigenvalue weighted by molar-refractivity contribution is 6.31. The number of imidazole rings is 1. The van der Waals surface area contributed by atoms with Gasteiger partial charge in [0.25, 0.3) is 0 Å².